The van der Waals surface area contributed by atoms with Gasteiger partial charge >= 0.3 is 0 Å². The number of aryl methyl sites for hydroxylation is 1. The fourth-order valence-corrected chi connectivity index (χ4v) is 2.89. The highest BCUT2D eigenvalue weighted by Gasteiger charge is 2.07. The molecule has 0 fully saturated rings. The lowest BCUT2D eigenvalue weighted by atomic mass is 10.1. The Morgan fingerprint density at radius 3 is 2.72 bits per heavy atom. The number of hydrogen-bond donors (Lipinski definition) is 1. The van der Waals surface area contributed by atoms with Crippen molar-refractivity contribution in [3.8, 4) is 11.4 Å². The second kappa shape index (κ2) is 6.28. The molecule has 0 amide bonds. The summed E-state index contributed by atoms with van der Waals surface area (Å²) in [7, 11) is 1.66. The molecule has 0 radical (unpaired) electrons. The molecule has 124 valence electrons. The number of fused-ring (bicyclic) bond motifs is 1. The summed E-state index contributed by atoms with van der Waals surface area (Å²) < 4.78 is 7.26. The fraction of sp³-hybridized carbons (Fsp3) is 0.100. The largest absolute Gasteiger partial charge is 0.497 e. The summed E-state index contributed by atoms with van der Waals surface area (Å²) in [6, 6.07) is 18.0. The number of pyridine rings is 1. The van der Waals surface area contributed by atoms with E-state index in [4.69, 9.17) is 4.74 Å². The minimum absolute atomic E-state index is 0.769. The maximum atomic E-state index is 5.45. The molecule has 0 aliphatic rings. The van der Waals surface area contributed by atoms with E-state index in [1.54, 1.807) is 13.3 Å². The quantitative estimate of drug-likeness (QED) is 0.599. The van der Waals surface area contributed by atoms with Gasteiger partial charge < -0.3 is 10.1 Å². The van der Waals surface area contributed by atoms with Crippen LogP contribution in [0.15, 0.2) is 67.0 Å². The second-order valence-corrected chi connectivity index (χ2v) is 5.82. The van der Waals surface area contributed by atoms with E-state index in [1.807, 2.05) is 60.3 Å². The number of hydrogen-bond acceptors (Lipinski definition) is 4. The summed E-state index contributed by atoms with van der Waals surface area (Å²) in [6.45, 7) is 2.00. The van der Waals surface area contributed by atoms with Gasteiger partial charge in [0.1, 0.15) is 5.75 Å². The Morgan fingerprint density at radius 1 is 1.04 bits per heavy atom. The van der Waals surface area contributed by atoms with Crippen molar-refractivity contribution in [3.05, 3.63) is 72.7 Å². The van der Waals surface area contributed by atoms with Crippen LogP contribution in [0.25, 0.3) is 16.6 Å². The van der Waals surface area contributed by atoms with Gasteiger partial charge in [-0.3, -0.25) is 4.98 Å². The maximum absolute atomic E-state index is 5.45. The number of benzene rings is 2. The Labute approximate surface area is 145 Å². The SMILES string of the molecule is COc1cc(Nc2cc(C)nc3ccccc23)cc(-n2cccn2)c1. The molecule has 1 N–H and O–H groups in total. The molecule has 25 heavy (non-hydrogen) atoms. The summed E-state index contributed by atoms with van der Waals surface area (Å²) in [5.41, 5.74) is 4.82. The first kappa shape index (κ1) is 15.2. The van der Waals surface area contributed by atoms with Crippen LogP contribution in [0.2, 0.25) is 0 Å². The van der Waals surface area contributed by atoms with Crippen molar-refractivity contribution in [1.82, 2.24) is 14.8 Å². The molecule has 0 aliphatic carbocycles. The fourth-order valence-electron chi connectivity index (χ4n) is 2.89. The lowest BCUT2D eigenvalue weighted by Gasteiger charge is -2.13. The molecule has 5 nitrogen and oxygen atoms in total. The Kier molecular flexibility index (Phi) is 3.82. The Balaban J connectivity index is 1.80. The van der Waals surface area contributed by atoms with Crippen molar-refractivity contribution < 1.29 is 4.74 Å². The van der Waals surface area contributed by atoms with E-state index >= 15 is 0 Å². The van der Waals surface area contributed by atoms with Crippen molar-refractivity contribution in [1.29, 1.82) is 0 Å². The molecule has 0 saturated carbocycles. The number of rotatable bonds is 4. The molecule has 2 aromatic carbocycles. The van der Waals surface area contributed by atoms with E-state index in [9.17, 15) is 0 Å². The zero-order valence-corrected chi connectivity index (χ0v) is 14.1. The predicted molar refractivity (Wildman–Crippen MR) is 99.9 cm³/mol. The molecule has 4 rings (SSSR count). The van der Waals surface area contributed by atoms with Gasteiger partial charge in [-0.05, 0) is 31.2 Å². The van der Waals surface area contributed by atoms with Gasteiger partial charge in [0.15, 0.2) is 0 Å². The minimum Gasteiger partial charge on any atom is -0.497 e. The van der Waals surface area contributed by atoms with Crippen molar-refractivity contribution in [2.45, 2.75) is 6.92 Å². The zero-order valence-electron chi connectivity index (χ0n) is 14.1. The highest BCUT2D eigenvalue weighted by Crippen LogP contribution is 2.29. The second-order valence-electron chi connectivity index (χ2n) is 5.82. The van der Waals surface area contributed by atoms with Crippen LogP contribution in [0.5, 0.6) is 5.75 Å². The minimum atomic E-state index is 0.769. The number of ether oxygens (including phenoxy) is 1. The molecule has 5 heteroatoms. The van der Waals surface area contributed by atoms with Crippen molar-refractivity contribution >= 4 is 22.3 Å². The third kappa shape index (κ3) is 3.04. The summed E-state index contributed by atoms with van der Waals surface area (Å²) in [6.07, 6.45) is 3.66. The molecule has 0 unspecified atom stereocenters. The normalized spacial score (nSPS) is 10.8. The van der Waals surface area contributed by atoms with E-state index in [0.29, 0.717) is 0 Å². The number of para-hydroxylation sites is 1. The molecule has 0 saturated heterocycles. The van der Waals surface area contributed by atoms with Gasteiger partial charge in [0, 0.05) is 47.0 Å². The molecule has 2 heterocycles. The lowest BCUT2D eigenvalue weighted by Crippen LogP contribution is -1.99. The molecular weight excluding hydrogens is 312 g/mol. The number of anilines is 2. The van der Waals surface area contributed by atoms with E-state index < -0.39 is 0 Å². The van der Waals surface area contributed by atoms with Crippen LogP contribution in [0, 0.1) is 6.92 Å². The van der Waals surface area contributed by atoms with Crippen LogP contribution in [0.3, 0.4) is 0 Å². The van der Waals surface area contributed by atoms with Crippen molar-refractivity contribution in [2.24, 2.45) is 0 Å². The van der Waals surface area contributed by atoms with Crippen LogP contribution in [-0.2, 0) is 0 Å². The molecule has 0 aliphatic heterocycles. The number of aromatic nitrogens is 3. The third-order valence-electron chi connectivity index (χ3n) is 4.02. The van der Waals surface area contributed by atoms with Gasteiger partial charge in [-0.2, -0.15) is 5.10 Å². The standard InChI is InChI=1S/C20H18N4O/c1-14-10-20(18-6-3-4-7-19(18)22-14)23-15-11-16(13-17(12-15)25-2)24-9-5-8-21-24/h3-13H,1-2H3,(H,22,23). The average Bonchev–Trinajstić information content (AvgIpc) is 3.16. The van der Waals surface area contributed by atoms with Crippen molar-refractivity contribution in [2.75, 3.05) is 12.4 Å². The van der Waals surface area contributed by atoms with Gasteiger partial charge in [-0.15, -0.1) is 0 Å². The topological polar surface area (TPSA) is 52.0 Å². The van der Waals surface area contributed by atoms with Gasteiger partial charge in [0.05, 0.1) is 18.3 Å². The smallest absolute Gasteiger partial charge is 0.123 e. The van der Waals surface area contributed by atoms with Crippen LogP contribution >= 0.6 is 0 Å². The molecule has 4 aromatic rings. The van der Waals surface area contributed by atoms with E-state index in [1.165, 1.54) is 0 Å². The first-order valence-electron chi connectivity index (χ1n) is 8.05. The lowest BCUT2D eigenvalue weighted by molar-refractivity contribution is 0.414. The van der Waals surface area contributed by atoms with Gasteiger partial charge in [0.25, 0.3) is 0 Å². The monoisotopic (exact) mass is 330 g/mol. The van der Waals surface area contributed by atoms with Crippen LogP contribution in [0.4, 0.5) is 11.4 Å². The average molecular weight is 330 g/mol. The Bertz CT molecular complexity index is 1030. The first-order chi connectivity index (χ1) is 12.2. The van der Waals surface area contributed by atoms with Crippen molar-refractivity contribution in [3.63, 3.8) is 0 Å². The van der Waals surface area contributed by atoms with E-state index in [2.05, 4.69) is 27.5 Å². The zero-order chi connectivity index (χ0) is 17.2. The van der Waals surface area contributed by atoms with Crippen LogP contribution in [-0.4, -0.2) is 21.9 Å². The highest BCUT2D eigenvalue weighted by atomic mass is 16.5. The maximum Gasteiger partial charge on any atom is 0.123 e. The summed E-state index contributed by atoms with van der Waals surface area (Å²) in [5, 5.41) is 8.88. The van der Waals surface area contributed by atoms with Crippen LogP contribution in [0.1, 0.15) is 5.69 Å². The molecule has 0 spiro atoms. The van der Waals surface area contributed by atoms with E-state index in [0.717, 1.165) is 39.4 Å². The van der Waals surface area contributed by atoms with Gasteiger partial charge in [0.2, 0.25) is 0 Å². The number of methoxy groups -OCH3 is 1. The Hall–Kier alpha value is -3.34. The van der Waals surface area contributed by atoms with Gasteiger partial charge in [-0.1, -0.05) is 18.2 Å². The Morgan fingerprint density at radius 2 is 1.92 bits per heavy atom. The predicted octanol–water partition coefficient (Wildman–Crippen LogP) is 4.48. The molecule has 0 atom stereocenters. The number of nitrogens with zero attached hydrogens (tertiary/aromatic N) is 3. The van der Waals surface area contributed by atoms with E-state index in [-0.39, 0.29) is 0 Å². The number of nitrogens with one attached hydrogen (secondary N) is 1. The molecule has 0 bridgehead atoms. The third-order valence-corrected chi connectivity index (χ3v) is 4.02. The first-order valence-corrected chi connectivity index (χ1v) is 8.05. The summed E-state index contributed by atoms with van der Waals surface area (Å²) in [5.74, 6) is 0.769. The summed E-state index contributed by atoms with van der Waals surface area (Å²) in [4.78, 5) is 4.59. The molecular formula is C20H18N4O. The highest BCUT2D eigenvalue weighted by molar-refractivity contribution is 5.93. The van der Waals surface area contributed by atoms with Crippen LogP contribution < -0.4 is 10.1 Å². The van der Waals surface area contributed by atoms with Gasteiger partial charge in [-0.25, -0.2) is 4.68 Å². The molecule has 2 aromatic heterocycles. The summed E-state index contributed by atoms with van der Waals surface area (Å²) >= 11 is 0.